The molecule has 0 radical (unpaired) electrons. The zero-order chi connectivity index (χ0) is 16.5. The Labute approximate surface area is 129 Å². The lowest BCUT2D eigenvalue weighted by atomic mass is 9.84. The summed E-state index contributed by atoms with van der Waals surface area (Å²) < 4.78 is 6.78. The lowest BCUT2D eigenvalue weighted by Crippen LogP contribution is -2.53. The molecule has 1 aliphatic heterocycles. The first-order chi connectivity index (χ1) is 10.1. The third-order valence-electron chi connectivity index (χ3n) is 3.79. The van der Waals surface area contributed by atoms with Crippen LogP contribution in [0.2, 0.25) is 0 Å². The fraction of sp³-hybridized carbons (Fsp3) is 0.846. The third kappa shape index (κ3) is 3.53. The van der Waals surface area contributed by atoms with Crippen molar-refractivity contribution in [3.05, 3.63) is 5.82 Å². The molecule has 0 saturated carbocycles. The van der Waals surface area contributed by atoms with Crippen molar-refractivity contribution in [3.63, 3.8) is 0 Å². The number of amides is 1. The van der Waals surface area contributed by atoms with Crippen LogP contribution in [0.4, 0.5) is 4.79 Å². The lowest BCUT2D eigenvalue weighted by molar-refractivity contribution is -0.0497. The second-order valence-corrected chi connectivity index (χ2v) is 6.71. The number of carbonyl (C=O) groups is 1. The standard InChI is InChI=1S/C13H24N6O3/c1-12(2,3)22-11(20)19-7-5-13(21,6-8-19)9(14)10-15-16-17-18(10)4/h9,21H,5-8,14H2,1-4H3. The Bertz CT molecular complexity index is 530. The molecule has 1 fully saturated rings. The number of hydrogen-bond acceptors (Lipinski definition) is 7. The van der Waals surface area contributed by atoms with Gasteiger partial charge < -0.3 is 20.5 Å². The molecule has 2 heterocycles. The van der Waals surface area contributed by atoms with Gasteiger partial charge in [0.05, 0.1) is 11.6 Å². The number of tetrazole rings is 1. The molecule has 1 amide bonds. The van der Waals surface area contributed by atoms with Crippen molar-refractivity contribution in [2.75, 3.05) is 13.1 Å². The maximum absolute atomic E-state index is 12.0. The van der Waals surface area contributed by atoms with E-state index in [1.54, 1.807) is 11.9 Å². The number of piperidine rings is 1. The molecule has 1 unspecified atom stereocenters. The smallest absolute Gasteiger partial charge is 0.410 e. The molecular formula is C13H24N6O3. The van der Waals surface area contributed by atoms with Gasteiger partial charge in [-0.2, -0.15) is 0 Å². The summed E-state index contributed by atoms with van der Waals surface area (Å²) in [5, 5.41) is 21.9. The summed E-state index contributed by atoms with van der Waals surface area (Å²) in [5.74, 6) is 0.424. The summed E-state index contributed by atoms with van der Waals surface area (Å²) in [7, 11) is 1.67. The molecule has 1 saturated heterocycles. The Balaban J connectivity index is 1.99. The van der Waals surface area contributed by atoms with Crippen molar-refractivity contribution in [2.45, 2.75) is 50.9 Å². The van der Waals surface area contributed by atoms with Crippen molar-refractivity contribution in [1.29, 1.82) is 0 Å². The van der Waals surface area contributed by atoms with E-state index in [1.165, 1.54) is 4.68 Å². The van der Waals surface area contributed by atoms with Crippen molar-refractivity contribution in [2.24, 2.45) is 12.8 Å². The topological polar surface area (TPSA) is 119 Å². The number of nitrogens with two attached hydrogens (primary N) is 1. The first-order valence-corrected chi connectivity index (χ1v) is 7.30. The van der Waals surface area contributed by atoms with Crippen LogP contribution < -0.4 is 5.73 Å². The molecule has 124 valence electrons. The molecule has 0 aliphatic carbocycles. The van der Waals surface area contributed by atoms with Crippen LogP contribution in [0, 0.1) is 0 Å². The molecule has 1 aromatic rings. The van der Waals surface area contributed by atoms with Gasteiger partial charge in [0.1, 0.15) is 5.60 Å². The number of nitrogens with zero attached hydrogens (tertiary/aromatic N) is 5. The minimum atomic E-state index is -1.14. The summed E-state index contributed by atoms with van der Waals surface area (Å²) in [4.78, 5) is 13.6. The van der Waals surface area contributed by atoms with E-state index in [4.69, 9.17) is 10.5 Å². The number of carbonyl (C=O) groups excluding carboxylic acids is 1. The highest BCUT2D eigenvalue weighted by Gasteiger charge is 2.42. The molecule has 3 N–H and O–H groups in total. The average molecular weight is 312 g/mol. The van der Waals surface area contributed by atoms with Crippen LogP contribution in [0.15, 0.2) is 0 Å². The normalized spacial score (nSPS) is 19.8. The minimum Gasteiger partial charge on any atom is -0.444 e. The van der Waals surface area contributed by atoms with Crippen molar-refractivity contribution in [3.8, 4) is 0 Å². The van der Waals surface area contributed by atoms with Gasteiger partial charge in [-0.3, -0.25) is 0 Å². The number of aryl methyl sites for hydroxylation is 1. The minimum absolute atomic E-state index is 0.347. The summed E-state index contributed by atoms with van der Waals surface area (Å²) in [6.07, 6.45) is 0.323. The van der Waals surface area contributed by atoms with Gasteiger partial charge in [0, 0.05) is 20.1 Å². The predicted molar refractivity (Wildman–Crippen MR) is 77.7 cm³/mol. The number of likely N-dealkylation sites (tertiary alicyclic amines) is 1. The van der Waals surface area contributed by atoms with Crippen LogP contribution in [0.3, 0.4) is 0 Å². The Hall–Kier alpha value is -1.74. The lowest BCUT2D eigenvalue weighted by Gasteiger charge is -2.41. The Kier molecular flexibility index (Phi) is 4.39. The van der Waals surface area contributed by atoms with Gasteiger partial charge in [-0.05, 0) is 44.0 Å². The van der Waals surface area contributed by atoms with Crippen molar-refractivity contribution < 1.29 is 14.6 Å². The zero-order valence-corrected chi connectivity index (χ0v) is 13.5. The molecule has 1 aliphatic rings. The second kappa shape index (κ2) is 5.81. The quantitative estimate of drug-likeness (QED) is 0.787. The molecule has 1 aromatic heterocycles. The van der Waals surface area contributed by atoms with E-state index in [9.17, 15) is 9.90 Å². The largest absolute Gasteiger partial charge is 0.444 e. The molecule has 0 aromatic carbocycles. The summed E-state index contributed by atoms with van der Waals surface area (Å²) in [6, 6.07) is -0.701. The molecule has 0 bridgehead atoms. The van der Waals surface area contributed by atoms with Gasteiger partial charge in [0.2, 0.25) is 0 Å². The molecule has 9 heteroatoms. The van der Waals surface area contributed by atoms with Crippen molar-refractivity contribution in [1.82, 2.24) is 25.1 Å². The van der Waals surface area contributed by atoms with Crippen LogP contribution in [-0.4, -0.2) is 60.6 Å². The fourth-order valence-electron chi connectivity index (χ4n) is 2.45. The number of aliphatic hydroxyl groups is 1. The maximum atomic E-state index is 12.0. The molecule has 0 spiro atoms. The van der Waals surface area contributed by atoms with Crippen LogP contribution in [0.25, 0.3) is 0 Å². The van der Waals surface area contributed by atoms with Gasteiger partial charge in [0.15, 0.2) is 5.82 Å². The number of ether oxygens (including phenoxy) is 1. The number of aromatic nitrogens is 4. The van der Waals surface area contributed by atoms with Crippen LogP contribution in [0.5, 0.6) is 0 Å². The number of hydrogen-bond donors (Lipinski definition) is 2. The maximum Gasteiger partial charge on any atom is 0.410 e. The van der Waals surface area contributed by atoms with Crippen LogP contribution in [-0.2, 0) is 11.8 Å². The van der Waals surface area contributed by atoms with E-state index < -0.39 is 17.2 Å². The van der Waals surface area contributed by atoms with Crippen LogP contribution >= 0.6 is 0 Å². The first kappa shape index (κ1) is 16.6. The summed E-state index contributed by atoms with van der Waals surface area (Å²) in [5.41, 5.74) is 4.45. The van der Waals surface area contributed by atoms with E-state index in [0.717, 1.165) is 0 Å². The van der Waals surface area contributed by atoms with E-state index in [-0.39, 0.29) is 6.09 Å². The highest BCUT2D eigenvalue weighted by molar-refractivity contribution is 5.68. The SMILES string of the molecule is Cn1nnnc1C(N)C1(O)CCN(C(=O)OC(C)(C)C)CC1. The van der Waals surface area contributed by atoms with E-state index >= 15 is 0 Å². The van der Waals surface area contributed by atoms with Crippen LogP contribution in [0.1, 0.15) is 45.5 Å². The average Bonchev–Trinajstić information content (AvgIpc) is 2.82. The molecule has 1 atom stereocenters. The van der Waals surface area contributed by atoms with Gasteiger partial charge in [0.25, 0.3) is 0 Å². The molecular weight excluding hydrogens is 288 g/mol. The Morgan fingerprint density at radius 3 is 2.45 bits per heavy atom. The number of rotatable bonds is 2. The second-order valence-electron chi connectivity index (χ2n) is 6.71. The highest BCUT2D eigenvalue weighted by atomic mass is 16.6. The van der Waals surface area contributed by atoms with Crippen molar-refractivity contribution >= 4 is 6.09 Å². The Morgan fingerprint density at radius 2 is 2.00 bits per heavy atom. The monoisotopic (exact) mass is 312 g/mol. The Morgan fingerprint density at radius 1 is 1.41 bits per heavy atom. The van der Waals surface area contributed by atoms with Gasteiger partial charge >= 0.3 is 6.09 Å². The third-order valence-corrected chi connectivity index (χ3v) is 3.79. The van der Waals surface area contributed by atoms with Gasteiger partial charge in [-0.15, -0.1) is 5.10 Å². The zero-order valence-electron chi connectivity index (χ0n) is 13.5. The molecule has 9 nitrogen and oxygen atoms in total. The summed E-state index contributed by atoms with van der Waals surface area (Å²) >= 11 is 0. The summed E-state index contributed by atoms with van der Waals surface area (Å²) in [6.45, 7) is 6.22. The van der Waals surface area contributed by atoms with E-state index in [2.05, 4.69) is 15.5 Å². The molecule has 2 rings (SSSR count). The fourth-order valence-corrected chi connectivity index (χ4v) is 2.45. The van der Waals surface area contributed by atoms with E-state index in [0.29, 0.717) is 31.8 Å². The molecule has 22 heavy (non-hydrogen) atoms. The predicted octanol–water partition coefficient (Wildman–Crippen LogP) is -0.0281. The van der Waals surface area contributed by atoms with E-state index in [1.807, 2.05) is 20.8 Å². The first-order valence-electron chi connectivity index (χ1n) is 7.30. The highest BCUT2D eigenvalue weighted by Crippen LogP contribution is 2.32. The van der Waals surface area contributed by atoms with Gasteiger partial charge in [-0.1, -0.05) is 0 Å². The van der Waals surface area contributed by atoms with Gasteiger partial charge in [-0.25, -0.2) is 9.48 Å².